The number of aromatic nitrogens is 3. The van der Waals surface area contributed by atoms with E-state index in [9.17, 15) is 9.90 Å². The van der Waals surface area contributed by atoms with Gasteiger partial charge in [0.15, 0.2) is 0 Å². The highest BCUT2D eigenvalue weighted by molar-refractivity contribution is 6.11. The first kappa shape index (κ1) is 13.1. The number of carbonyl (C=O) groups is 1. The lowest BCUT2D eigenvalue weighted by molar-refractivity contribution is -0.146. The van der Waals surface area contributed by atoms with Crippen LogP contribution >= 0.6 is 0 Å². The number of para-hydroxylation sites is 1. The summed E-state index contributed by atoms with van der Waals surface area (Å²) in [5.41, 5.74) is 1.08. The Kier molecular flexibility index (Phi) is 2.63. The molecule has 0 bridgehead atoms. The normalized spacial score (nSPS) is 21.8. The summed E-state index contributed by atoms with van der Waals surface area (Å²) in [6, 6.07) is 8.00. The third kappa shape index (κ3) is 1.76. The van der Waals surface area contributed by atoms with Gasteiger partial charge in [-0.3, -0.25) is 4.79 Å². The number of nitrogens with zero attached hydrogens (tertiary/aromatic N) is 3. The zero-order valence-electron chi connectivity index (χ0n) is 12.2. The van der Waals surface area contributed by atoms with Crippen molar-refractivity contribution in [2.24, 2.45) is 5.41 Å². The van der Waals surface area contributed by atoms with Gasteiger partial charge in [0.25, 0.3) is 0 Å². The number of benzene rings is 1. The van der Waals surface area contributed by atoms with Crippen LogP contribution in [0.25, 0.3) is 21.9 Å². The van der Waals surface area contributed by atoms with Crippen LogP contribution in [0.3, 0.4) is 0 Å². The fourth-order valence-corrected chi connectivity index (χ4v) is 3.21. The highest BCUT2D eigenvalue weighted by atomic mass is 16.4. The number of carboxylic acid groups (broad SMARTS) is 1. The summed E-state index contributed by atoms with van der Waals surface area (Å²) in [5, 5.41) is 11.4. The SMILES string of the molecule is CC1(C(=O)O)CCN(c2ncnc3[nH]c4ccccc4c23)C1. The van der Waals surface area contributed by atoms with Crippen LogP contribution in [0.4, 0.5) is 5.82 Å². The average Bonchev–Trinajstić information content (AvgIpc) is 3.08. The third-order valence-electron chi connectivity index (χ3n) is 4.57. The molecule has 3 aromatic rings. The molecule has 2 aromatic heterocycles. The van der Waals surface area contributed by atoms with E-state index in [0.29, 0.717) is 19.5 Å². The van der Waals surface area contributed by atoms with E-state index in [2.05, 4.69) is 19.9 Å². The lowest BCUT2D eigenvalue weighted by atomic mass is 9.90. The maximum absolute atomic E-state index is 11.5. The molecule has 22 heavy (non-hydrogen) atoms. The van der Waals surface area contributed by atoms with Crippen LogP contribution in [0.5, 0.6) is 0 Å². The standard InChI is InChI=1S/C16H16N4O2/c1-16(15(21)22)6-7-20(8-16)14-12-10-4-2-3-5-11(10)19-13(12)17-9-18-14/h2-5,9H,6-8H2,1H3,(H,21,22)(H,17,18,19). The fourth-order valence-electron chi connectivity index (χ4n) is 3.21. The van der Waals surface area contributed by atoms with Gasteiger partial charge in [0, 0.05) is 24.0 Å². The lowest BCUT2D eigenvalue weighted by Gasteiger charge is -2.21. The van der Waals surface area contributed by atoms with Crippen LogP contribution < -0.4 is 4.90 Å². The van der Waals surface area contributed by atoms with Crippen molar-refractivity contribution in [1.29, 1.82) is 0 Å². The predicted octanol–water partition coefficient (Wildman–Crippen LogP) is 2.41. The van der Waals surface area contributed by atoms with Gasteiger partial charge in [0.2, 0.25) is 0 Å². The van der Waals surface area contributed by atoms with E-state index >= 15 is 0 Å². The number of H-pyrrole nitrogens is 1. The van der Waals surface area contributed by atoms with Gasteiger partial charge >= 0.3 is 5.97 Å². The van der Waals surface area contributed by atoms with Gasteiger partial charge in [-0.1, -0.05) is 18.2 Å². The molecule has 2 N–H and O–H groups in total. The van der Waals surface area contributed by atoms with Crippen molar-refractivity contribution >= 4 is 33.7 Å². The van der Waals surface area contributed by atoms with Crippen molar-refractivity contribution in [3.8, 4) is 0 Å². The van der Waals surface area contributed by atoms with Gasteiger partial charge in [-0.2, -0.15) is 0 Å². The first-order valence-electron chi connectivity index (χ1n) is 7.28. The molecule has 1 aliphatic rings. The van der Waals surface area contributed by atoms with Crippen molar-refractivity contribution < 1.29 is 9.90 Å². The Bertz CT molecular complexity index is 888. The largest absolute Gasteiger partial charge is 0.481 e. The molecule has 0 amide bonds. The first-order chi connectivity index (χ1) is 10.6. The molecule has 1 aliphatic heterocycles. The minimum absolute atomic E-state index is 0.466. The van der Waals surface area contributed by atoms with E-state index in [1.54, 1.807) is 6.92 Å². The summed E-state index contributed by atoms with van der Waals surface area (Å²) >= 11 is 0. The molecule has 0 aliphatic carbocycles. The molecule has 1 atom stereocenters. The number of aliphatic carboxylic acids is 1. The highest BCUT2D eigenvalue weighted by Crippen LogP contribution is 2.37. The first-order valence-corrected chi connectivity index (χ1v) is 7.28. The Balaban J connectivity index is 1.88. The van der Waals surface area contributed by atoms with Crippen LogP contribution in [0.1, 0.15) is 13.3 Å². The molecule has 6 heteroatoms. The zero-order valence-corrected chi connectivity index (χ0v) is 12.2. The van der Waals surface area contributed by atoms with Crippen LogP contribution in [0.2, 0.25) is 0 Å². The molecular weight excluding hydrogens is 280 g/mol. The van der Waals surface area contributed by atoms with Crippen LogP contribution in [-0.2, 0) is 4.79 Å². The summed E-state index contributed by atoms with van der Waals surface area (Å²) in [6.07, 6.45) is 2.15. The molecule has 0 radical (unpaired) electrons. The summed E-state index contributed by atoms with van der Waals surface area (Å²) in [6.45, 7) is 2.95. The van der Waals surface area contributed by atoms with Gasteiger partial charge in [-0.05, 0) is 19.4 Å². The van der Waals surface area contributed by atoms with Crippen LogP contribution in [0.15, 0.2) is 30.6 Å². The maximum Gasteiger partial charge on any atom is 0.311 e. The van der Waals surface area contributed by atoms with Crippen LogP contribution in [0, 0.1) is 5.41 Å². The molecule has 1 saturated heterocycles. The smallest absolute Gasteiger partial charge is 0.311 e. The molecule has 0 saturated carbocycles. The highest BCUT2D eigenvalue weighted by Gasteiger charge is 2.41. The summed E-state index contributed by atoms with van der Waals surface area (Å²) < 4.78 is 0. The zero-order chi connectivity index (χ0) is 15.3. The average molecular weight is 296 g/mol. The monoisotopic (exact) mass is 296 g/mol. The maximum atomic E-state index is 11.5. The number of nitrogens with one attached hydrogen (secondary N) is 1. The van der Waals surface area contributed by atoms with E-state index in [0.717, 1.165) is 27.8 Å². The quantitative estimate of drug-likeness (QED) is 0.759. The Hall–Kier alpha value is -2.63. The second kappa shape index (κ2) is 4.43. The number of hydrogen-bond acceptors (Lipinski definition) is 4. The molecule has 0 spiro atoms. The molecular formula is C16H16N4O2. The van der Waals surface area contributed by atoms with Crippen molar-refractivity contribution in [2.75, 3.05) is 18.0 Å². The Morgan fingerprint density at radius 1 is 1.36 bits per heavy atom. The third-order valence-corrected chi connectivity index (χ3v) is 4.57. The number of fused-ring (bicyclic) bond motifs is 3. The van der Waals surface area contributed by atoms with E-state index < -0.39 is 11.4 Å². The molecule has 1 fully saturated rings. The summed E-state index contributed by atoms with van der Waals surface area (Å²) in [5.74, 6) is 0.0617. The second-order valence-electron chi connectivity index (χ2n) is 6.13. The predicted molar refractivity (Wildman–Crippen MR) is 84.0 cm³/mol. The van der Waals surface area contributed by atoms with Crippen molar-refractivity contribution in [1.82, 2.24) is 15.0 Å². The van der Waals surface area contributed by atoms with Crippen molar-refractivity contribution in [3.05, 3.63) is 30.6 Å². The number of rotatable bonds is 2. The van der Waals surface area contributed by atoms with Crippen molar-refractivity contribution in [2.45, 2.75) is 13.3 Å². The number of carboxylic acids is 1. The molecule has 6 nitrogen and oxygen atoms in total. The van der Waals surface area contributed by atoms with Crippen LogP contribution in [-0.4, -0.2) is 39.1 Å². The van der Waals surface area contributed by atoms with Crippen molar-refractivity contribution in [3.63, 3.8) is 0 Å². The van der Waals surface area contributed by atoms with Gasteiger partial charge in [0.1, 0.15) is 17.8 Å². The van der Waals surface area contributed by atoms with Gasteiger partial charge in [-0.25, -0.2) is 9.97 Å². The molecule has 4 rings (SSSR count). The minimum atomic E-state index is -0.751. The van der Waals surface area contributed by atoms with Gasteiger partial charge in [0.05, 0.1) is 10.8 Å². The van der Waals surface area contributed by atoms with E-state index in [1.165, 1.54) is 6.33 Å². The molecule has 1 unspecified atom stereocenters. The summed E-state index contributed by atoms with van der Waals surface area (Å²) in [7, 11) is 0. The van der Waals surface area contributed by atoms with Gasteiger partial charge in [-0.15, -0.1) is 0 Å². The molecule has 1 aromatic carbocycles. The lowest BCUT2D eigenvalue weighted by Crippen LogP contribution is -2.32. The minimum Gasteiger partial charge on any atom is -0.481 e. The number of anilines is 1. The van der Waals surface area contributed by atoms with Gasteiger partial charge < -0.3 is 15.0 Å². The van der Waals surface area contributed by atoms with E-state index in [-0.39, 0.29) is 0 Å². The van der Waals surface area contributed by atoms with E-state index in [4.69, 9.17) is 0 Å². The Morgan fingerprint density at radius 2 is 2.18 bits per heavy atom. The number of hydrogen-bond donors (Lipinski definition) is 2. The topological polar surface area (TPSA) is 82.1 Å². The molecule has 3 heterocycles. The second-order valence-corrected chi connectivity index (χ2v) is 6.13. The van der Waals surface area contributed by atoms with E-state index in [1.807, 2.05) is 24.3 Å². The number of aromatic amines is 1. The Morgan fingerprint density at radius 3 is 2.95 bits per heavy atom. The summed E-state index contributed by atoms with van der Waals surface area (Å²) in [4.78, 5) is 25.6. The Labute approximate surface area is 126 Å². The molecule has 112 valence electrons. The fraction of sp³-hybridized carbons (Fsp3) is 0.312.